The summed E-state index contributed by atoms with van der Waals surface area (Å²) in [5.41, 5.74) is 2.08. The van der Waals surface area contributed by atoms with E-state index in [4.69, 9.17) is 23.2 Å². The Morgan fingerprint density at radius 3 is 2.97 bits per heavy atom. The van der Waals surface area contributed by atoms with E-state index in [1.165, 1.54) is 28.4 Å². The number of aliphatic carboxylic acids is 1. The minimum absolute atomic E-state index is 0.0376. The Kier molecular flexibility index (Phi) is 6.67. The van der Waals surface area contributed by atoms with Gasteiger partial charge >= 0.3 is 11.6 Å². The Balaban J connectivity index is 1.29. The highest BCUT2D eigenvalue weighted by Gasteiger charge is 2.54. The summed E-state index contributed by atoms with van der Waals surface area (Å²) in [6.45, 7) is 0.279. The number of rotatable bonds is 7. The number of carbonyl (C=O) groups excluding carboxylic acids is 2. The molecule has 4 heterocycles. The number of benzene rings is 1. The van der Waals surface area contributed by atoms with Crippen molar-refractivity contribution in [3.8, 4) is 0 Å². The molecule has 3 N–H and O–H groups in total. The first kappa shape index (κ1) is 24.0. The van der Waals surface area contributed by atoms with E-state index in [9.17, 15) is 19.5 Å². The van der Waals surface area contributed by atoms with Gasteiger partial charge in [-0.1, -0.05) is 23.2 Å². The molecule has 180 valence electrons. The Bertz CT molecular complexity index is 1400. The molecule has 1 saturated heterocycles. The van der Waals surface area contributed by atoms with Crippen LogP contribution in [0.2, 0.25) is 10.0 Å². The second-order valence-electron chi connectivity index (χ2n) is 7.85. The molecule has 2 atom stereocenters. The fourth-order valence-electron chi connectivity index (χ4n) is 4.05. The lowest BCUT2D eigenvalue weighted by atomic mass is 10.0. The topological polar surface area (TPSA) is 119 Å². The number of halogens is 2. The van der Waals surface area contributed by atoms with Gasteiger partial charge in [-0.2, -0.15) is 0 Å². The summed E-state index contributed by atoms with van der Waals surface area (Å²) >= 11 is 14.8. The Morgan fingerprint density at radius 1 is 1.34 bits per heavy atom. The smallest absolute Gasteiger partial charge is 0.352 e. The maximum atomic E-state index is 12.9. The molecular weight excluding hydrogens is 533 g/mol. The molecule has 2 aromatic heterocycles. The normalized spacial score (nSPS) is 19.5. The first-order chi connectivity index (χ1) is 16.8. The van der Waals surface area contributed by atoms with Crippen LogP contribution in [0.4, 0.5) is 0 Å². The number of amides is 2. The molecule has 5 rings (SSSR count). The lowest BCUT2D eigenvalue weighted by Crippen LogP contribution is -2.71. The number of carbonyl (C=O) groups is 3. The Labute approximate surface area is 217 Å². The quantitative estimate of drug-likeness (QED) is 0.235. The molecule has 0 bridgehead atoms. The Morgan fingerprint density at radius 2 is 2.17 bits per heavy atom. The number of aromatic amines is 1. The van der Waals surface area contributed by atoms with Crippen LogP contribution in [0.25, 0.3) is 11.2 Å². The molecule has 0 unspecified atom stereocenters. The number of aromatic nitrogens is 3. The number of nitrogens with zero attached hydrogens (tertiary/aromatic N) is 3. The molecule has 35 heavy (non-hydrogen) atoms. The van der Waals surface area contributed by atoms with Crippen LogP contribution >= 0.6 is 46.7 Å². The van der Waals surface area contributed by atoms with Crippen molar-refractivity contribution in [2.45, 2.75) is 22.9 Å². The van der Waals surface area contributed by atoms with Crippen molar-refractivity contribution in [2.75, 3.05) is 11.5 Å². The van der Waals surface area contributed by atoms with Crippen LogP contribution in [0.15, 0.2) is 59.0 Å². The maximum absolute atomic E-state index is 12.9. The molecule has 1 fully saturated rings. The van der Waals surface area contributed by atoms with Crippen LogP contribution in [0.3, 0.4) is 0 Å². The van der Waals surface area contributed by atoms with E-state index in [2.05, 4.69) is 15.3 Å². The molecule has 2 aliphatic rings. The van der Waals surface area contributed by atoms with Gasteiger partial charge in [0.2, 0.25) is 12.2 Å². The van der Waals surface area contributed by atoms with Crippen LogP contribution in [0, 0.1) is 0 Å². The van der Waals surface area contributed by atoms with E-state index in [-0.39, 0.29) is 23.9 Å². The molecule has 3 aromatic rings. The van der Waals surface area contributed by atoms with Crippen molar-refractivity contribution in [3.05, 3.63) is 64.2 Å². The number of thioether (sulfide) groups is 2. The average Bonchev–Trinajstić information content (AvgIpc) is 3.32. The lowest BCUT2D eigenvalue weighted by Gasteiger charge is -2.49. The molecule has 0 radical (unpaired) electrons. The third kappa shape index (κ3) is 4.61. The van der Waals surface area contributed by atoms with Crippen LogP contribution in [0.1, 0.15) is 0 Å². The van der Waals surface area contributed by atoms with Crippen molar-refractivity contribution in [2.24, 2.45) is 0 Å². The van der Waals surface area contributed by atoms with Gasteiger partial charge in [0, 0.05) is 21.2 Å². The third-order valence-corrected chi connectivity index (χ3v) is 8.70. The standard InChI is InChI=1S/C22H17Cl2N5O4S2/c23-12-3-4-13(24)15(6-12)34-9-16(30)27-17-20(31)29-18(22(32)33)11(8-35-21(17)29)7-28-5-1-2-14-19(28)26-10-25-14/h1-6,10,17,21H,7-9H2,(H2,27,30,32,33)/p+1/t17-,21-/m1/s1. The van der Waals surface area contributed by atoms with Gasteiger partial charge < -0.3 is 15.4 Å². The van der Waals surface area contributed by atoms with Crippen molar-refractivity contribution < 1.29 is 24.1 Å². The van der Waals surface area contributed by atoms with Gasteiger partial charge in [0.1, 0.15) is 29.2 Å². The molecule has 0 spiro atoms. The highest BCUT2D eigenvalue weighted by molar-refractivity contribution is 8.00. The van der Waals surface area contributed by atoms with Gasteiger partial charge in [-0.05, 0) is 35.3 Å². The van der Waals surface area contributed by atoms with E-state index < -0.39 is 23.3 Å². The number of hydrogen-bond acceptors (Lipinski definition) is 6. The summed E-state index contributed by atoms with van der Waals surface area (Å²) < 4.78 is 1.84. The zero-order valence-corrected chi connectivity index (χ0v) is 21.0. The first-order valence-electron chi connectivity index (χ1n) is 10.4. The number of H-pyrrole nitrogens is 1. The van der Waals surface area contributed by atoms with E-state index in [1.54, 1.807) is 24.5 Å². The van der Waals surface area contributed by atoms with Gasteiger partial charge in [0.15, 0.2) is 0 Å². The molecule has 13 heteroatoms. The summed E-state index contributed by atoms with van der Waals surface area (Å²) in [5, 5.41) is 13.2. The summed E-state index contributed by atoms with van der Waals surface area (Å²) in [7, 11) is 0. The van der Waals surface area contributed by atoms with Crippen LogP contribution < -0.4 is 9.88 Å². The largest absolute Gasteiger partial charge is 0.477 e. The molecule has 0 saturated carbocycles. The summed E-state index contributed by atoms with van der Waals surface area (Å²) in [6.07, 6.45) is 3.39. The van der Waals surface area contributed by atoms with E-state index in [0.717, 1.165) is 5.52 Å². The van der Waals surface area contributed by atoms with Crippen molar-refractivity contribution in [1.82, 2.24) is 20.2 Å². The third-order valence-electron chi connectivity index (χ3n) is 5.63. The van der Waals surface area contributed by atoms with Crippen molar-refractivity contribution in [3.63, 3.8) is 0 Å². The number of β-lactam (4-membered cyclic amide) rings is 1. The molecular formula is C22H18Cl2N5O4S2+. The molecule has 0 aliphatic carbocycles. The second-order valence-corrected chi connectivity index (χ2v) is 10.8. The molecule has 9 nitrogen and oxygen atoms in total. The predicted molar refractivity (Wildman–Crippen MR) is 133 cm³/mol. The van der Waals surface area contributed by atoms with Crippen LogP contribution in [-0.4, -0.2) is 60.7 Å². The fourth-order valence-corrected chi connectivity index (χ4v) is 6.69. The minimum Gasteiger partial charge on any atom is -0.477 e. The van der Waals surface area contributed by atoms with Gasteiger partial charge in [0.25, 0.3) is 5.91 Å². The molecule has 1 aromatic carbocycles. The number of carboxylic acids is 1. The van der Waals surface area contributed by atoms with Gasteiger partial charge in [0.05, 0.1) is 17.0 Å². The highest BCUT2D eigenvalue weighted by Crippen LogP contribution is 2.40. The molecule has 2 aliphatic heterocycles. The SMILES string of the molecule is O=C(CSc1cc(Cl)ccc1Cl)N[C@@H]1C(=O)N2C(C(=O)O)=C(C[n+]3cccc4[nH]cnc43)CS[C@H]12. The zero-order chi connectivity index (χ0) is 24.7. The number of fused-ring (bicyclic) bond motifs is 2. The number of hydrogen-bond donors (Lipinski definition) is 3. The van der Waals surface area contributed by atoms with Crippen LogP contribution in [0.5, 0.6) is 0 Å². The minimum atomic E-state index is -1.18. The fraction of sp³-hybridized carbons (Fsp3) is 0.227. The van der Waals surface area contributed by atoms with Gasteiger partial charge in [-0.3, -0.25) is 14.5 Å². The first-order valence-corrected chi connectivity index (χ1v) is 13.2. The van der Waals surface area contributed by atoms with Crippen molar-refractivity contribution in [1.29, 1.82) is 0 Å². The zero-order valence-electron chi connectivity index (χ0n) is 17.9. The number of carboxylic acid groups (broad SMARTS) is 1. The van der Waals surface area contributed by atoms with E-state index in [1.807, 2.05) is 22.9 Å². The summed E-state index contributed by atoms with van der Waals surface area (Å²) in [6, 6.07) is 7.91. The average molecular weight is 551 g/mol. The molecule has 2 amide bonds. The monoisotopic (exact) mass is 550 g/mol. The highest BCUT2D eigenvalue weighted by atomic mass is 35.5. The summed E-state index contributed by atoms with van der Waals surface area (Å²) in [4.78, 5) is 46.8. The number of nitrogens with one attached hydrogen (secondary N) is 2. The van der Waals surface area contributed by atoms with Gasteiger partial charge in [-0.25, -0.2) is 9.36 Å². The Hall–Kier alpha value is -2.73. The maximum Gasteiger partial charge on any atom is 0.352 e. The van der Waals surface area contributed by atoms with E-state index >= 15 is 0 Å². The predicted octanol–water partition coefficient (Wildman–Crippen LogP) is 2.69. The number of imidazole rings is 1. The second kappa shape index (κ2) is 9.73. The lowest BCUT2D eigenvalue weighted by molar-refractivity contribution is -0.664. The number of pyridine rings is 1. The summed E-state index contributed by atoms with van der Waals surface area (Å²) in [5.74, 6) is -1.53. The van der Waals surface area contributed by atoms with Crippen molar-refractivity contribution >= 4 is 75.7 Å². The van der Waals surface area contributed by atoms with Gasteiger partial charge in [-0.15, -0.1) is 23.5 Å². The van der Waals surface area contributed by atoms with Crippen LogP contribution in [-0.2, 0) is 20.9 Å². The van der Waals surface area contributed by atoms with E-state index in [0.29, 0.717) is 31.9 Å².